The average Bonchev–Trinajstić information content (AvgIpc) is 3.18. The molecule has 34 heavy (non-hydrogen) atoms. The zero-order valence-electron chi connectivity index (χ0n) is 20.4. The summed E-state index contributed by atoms with van der Waals surface area (Å²) in [6, 6.07) is 16.4. The highest BCUT2D eigenvalue weighted by atomic mass is 35.5. The first-order valence-corrected chi connectivity index (χ1v) is 11.7. The Labute approximate surface area is 206 Å². The van der Waals surface area contributed by atoms with Crippen LogP contribution in [0.15, 0.2) is 54.6 Å². The van der Waals surface area contributed by atoms with E-state index in [2.05, 4.69) is 31.4 Å². The highest BCUT2D eigenvalue weighted by Crippen LogP contribution is 2.26. The summed E-state index contributed by atoms with van der Waals surface area (Å²) in [5.41, 5.74) is 3.22. The molecule has 0 saturated heterocycles. The third kappa shape index (κ3) is 6.60. The Morgan fingerprint density at radius 2 is 1.76 bits per heavy atom. The number of carbonyl (C=O) groups is 2. The van der Waals surface area contributed by atoms with Crippen molar-refractivity contribution in [3.8, 4) is 5.69 Å². The van der Waals surface area contributed by atoms with Crippen molar-refractivity contribution in [1.29, 1.82) is 0 Å². The number of carbonyl (C=O) groups excluding carboxylic acids is 2. The van der Waals surface area contributed by atoms with E-state index in [9.17, 15) is 9.59 Å². The molecule has 0 aliphatic rings. The van der Waals surface area contributed by atoms with Crippen molar-refractivity contribution < 1.29 is 9.59 Å². The second kappa shape index (κ2) is 10.7. The molecule has 180 valence electrons. The van der Waals surface area contributed by atoms with Gasteiger partial charge in [0.2, 0.25) is 5.91 Å². The predicted octanol–water partition coefficient (Wildman–Crippen LogP) is 6.01. The molecule has 0 saturated carbocycles. The topological polar surface area (TPSA) is 79.3 Å². The first-order chi connectivity index (χ1) is 16.1. The lowest BCUT2D eigenvalue weighted by atomic mass is 9.92. The lowest BCUT2D eigenvalue weighted by Crippen LogP contribution is -2.41. The summed E-state index contributed by atoms with van der Waals surface area (Å²) in [5.74, 6) is 0.258. The molecule has 2 aromatic carbocycles. The minimum atomic E-state index is -0.360. The maximum absolute atomic E-state index is 13.0. The van der Waals surface area contributed by atoms with Gasteiger partial charge in [0.1, 0.15) is 12.4 Å². The fraction of sp³-hybridized carbons (Fsp3) is 0.346. The van der Waals surface area contributed by atoms with E-state index in [1.165, 1.54) is 4.90 Å². The summed E-state index contributed by atoms with van der Waals surface area (Å²) in [7, 11) is 0. The van der Waals surface area contributed by atoms with Crippen LogP contribution < -0.4 is 10.6 Å². The highest BCUT2D eigenvalue weighted by molar-refractivity contribution is 6.30. The number of aromatic nitrogens is 2. The van der Waals surface area contributed by atoms with Gasteiger partial charge in [-0.1, -0.05) is 63.1 Å². The molecule has 2 N–H and O–H groups in total. The number of nitrogens with zero attached hydrogens (tertiary/aromatic N) is 3. The Bertz CT molecular complexity index is 1150. The SMILES string of the molecule is CCCN(CC(=O)Nc1cc(C(C)(C)C)nn1-c1ccc(C)cc1)C(=O)Nc1cccc(Cl)c1. The van der Waals surface area contributed by atoms with E-state index in [1.807, 2.05) is 44.2 Å². The van der Waals surface area contributed by atoms with Crippen LogP contribution in [0.25, 0.3) is 5.69 Å². The summed E-state index contributed by atoms with van der Waals surface area (Å²) in [6.45, 7) is 10.5. The summed E-state index contributed by atoms with van der Waals surface area (Å²) >= 11 is 6.01. The Morgan fingerprint density at radius 3 is 2.38 bits per heavy atom. The minimum absolute atomic E-state index is 0.0931. The van der Waals surface area contributed by atoms with Crippen LogP contribution in [0.4, 0.5) is 16.3 Å². The van der Waals surface area contributed by atoms with E-state index >= 15 is 0 Å². The van der Waals surface area contributed by atoms with Crippen LogP contribution >= 0.6 is 11.6 Å². The molecule has 0 radical (unpaired) electrons. The third-order valence-corrected chi connectivity index (χ3v) is 5.45. The van der Waals surface area contributed by atoms with E-state index in [-0.39, 0.29) is 23.9 Å². The van der Waals surface area contributed by atoms with E-state index < -0.39 is 0 Å². The lowest BCUT2D eigenvalue weighted by molar-refractivity contribution is -0.116. The van der Waals surface area contributed by atoms with Gasteiger partial charge in [-0.05, 0) is 43.7 Å². The third-order valence-electron chi connectivity index (χ3n) is 5.21. The molecular formula is C26H32ClN5O2. The van der Waals surface area contributed by atoms with Crippen molar-refractivity contribution in [2.75, 3.05) is 23.7 Å². The number of rotatable bonds is 7. The number of hydrogen-bond donors (Lipinski definition) is 2. The number of halogens is 1. The number of nitrogens with one attached hydrogen (secondary N) is 2. The summed E-state index contributed by atoms with van der Waals surface area (Å²) < 4.78 is 1.73. The molecule has 3 aromatic rings. The zero-order chi connectivity index (χ0) is 24.9. The number of benzene rings is 2. The second-order valence-electron chi connectivity index (χ2n) is 9.32. The van der Waals surface area contributed by atoms with Crippen molar-refractivity contribution in [2.24, 2.45) is 0 Å². The fourth-order valence-corrected chi connectivity index (χ4v) is 3.56. The van der Waals surface area contributed by atoms with Gasteiger partial charge in [-0.2, -0.15) is 5.10 Å². The summed E-state index contributed by atoms with van der Waals surface area (Å²) in [5, 5.41) is 11.0. The molecule has 7 nitrogen and oxygen atoms in total. The van der Waals surface area contributed by atoms with Crippen LogP contribution in [0.5, 0.6) is 0 Å². The first-order valence-electron chi connectivity index (χ1n) is 11.4. The van der Waals surface area contributed by atoms with Gasteiger partial charge in [-0.15, -0.1) is 0 Å². The van der Waals surface area contributed by atoms with Crippen molar-refractivity contribution in [2.45, 2.75) is 46.5 Å². The second-order valence-corrected chi connectivity index (χ2v) is 9.76. The van der Waals surface area contributed by atoms with Gasteiger partial charge >= 0.3 is 6.03 Å². The molecule has 1 heterocycles. The standard InChI is InChI=1S/C26H32ClN5O2/c1-6-14-31(25(34)28-20-9-7-8-19(27)15-20)17-24(33)29-23-16-22(26(3,4)5)30-32(23)21-12-10-18(2)11-13-21/h7-13,15-16H,6,14,17H2,1-5H3,(H,28,34)(H,29,33). The number of aryl methyl sites for hydroxylation is 1. The van der Waals surface area contributed by atoms with Gasteiger partial charge in [0.05, 0.1) is 11.4 Å². The van der Waals surface area contributed by atoms with Crippen molar-refractivity contribution in [3.63, 3.8) is 0 Å². The Hall–Kier alpha value is -3.32. The molecular weight excluding hydrogens is 450 g/mol. The van der Waals surface area contributed by atoms with Gasteiger partial charge in [-0.3, -0.25) is 4.79 Å². The zero-order valence-corrected chi connectivity index (χ0v) is 21.1. The number of amides is 3. The Balaban J connectivity index is 1.79. The van der Waals surface area contributed by atoms with Crippen LogP contribution in [0.2, 0.25) is 5.02 Å². The van der Waals surface area contributed by atoms with E-state index in [1.54, 1.807) is 28.9 Å². The van der Waals surface area contributed by atoms with E-state index in [4.69, 9.17) is 16.7 Å². The quantitative estimate of drug-likeness (QED) is 0.433. The Kier molecular flexibility index (Phi) is 7.99. The maximum atomic E-state index is 13.0. The maximum Gasteiger partial charge on any atom is 0.322 e. The minimum Gasteiger partial charge on any atom is -0.315 e. The van der Waals surface area contributed by atoms with E-state index in [0.29, 0.717) is 29.5 Å². The van der Waals surface area contributed by atoms with Crippen LogP contribution in [0.1, 0.15) is 45.4 Å². The first kappa shape index (κ1) is 25.3. The molecule has 0 atom stereocenters. The van der Waals surface area contributed by atoms with Crippen molar-refractivity contribution >= 4 is 35.0 Å². The molecule has 0 bridgehead atoms. The monoisotopic (exact) mass is 481 g/mol. The largest absolute Gasteiger partial charge is 0.322 e. The highest BCUT2D eigenvalue weighted by Gasteiger charge is 2.23. The van der Waals surface area contributed by atoms with Gasteiger partial charge in [0, 0.05) is 28.7 Å². The van der Waals surface area contributed by atoms with Crippen molar-refractivity contribution in [1.82, 2.24) is 14.7 Å². The molecule has 8 heteroatoms. The lowest BCUT2D eigenvalue weighted by Gasteiger charge is -2.22. The molecule has 1 aromatic heterocycles. The smallest absolute Gasteiger partial charge is 0.315 e. The van der Waals surface area contributed by atoms with Gasteiger partial charge in [0.25, 0.3) is 0 Å². The van der Waals surface area contributed by atoms with Crippen LogP contribution in [0.3, 0.4) is 0 Å². The number of hydrogen-bond acceptors (Lipinski definition) is 3. The summed E-state index contributed by atoms with van der Waals surface area (Å²) in [6.07, 6.45) is 0.714. The van der Waals surface area contributed by atoms with Crippen LogP contribution in [-0.2, 0) is 10.2 Å². The molecule has 0 aliphatic carbocycles. The number of urea groups is 1. The van der Waals surface area contributed by atoms with Crippen LogP contribution in [0, 0.1) is 6.92 Å². The Morgan fingerprint density at radius 1 is 1.06 bits per heavy atom. The van der Waals surface area contributed by atoms with E-state index in [0.717, 1.165) is 16.9 Å². The summed E-state index contributed by atoms with van der Waals surface area (Å²) in [4.78, 5) is 27.3. The van der Waals surface area contributed by atoms with Gasteiger partial charge in [-0.25, -0.2) is 9.48 Å². The van der Waals surface area contributed by atoms with Gasteiger partial charge < -0.3 is 15.5 Å². The molecule has 3 rings (SSSR count). The van der Waals surface area contributed by atoms with Crippen molar-refractivity contribution in [3.05, 3.63) is 70.9 Å². The molecule has 0 spiro atoms. The molecule has 0 unspecified atom stereocenters. The molecule has 0 aliphatic heterocycles. The average molecular weight is 482 g/mol. The predicted molar refractivity (Wildman–Crippen MR) is 138 cm³/mol. The molecule has 3 amide bonds. The normalized spacial score (nSPS) is 11.2. The molecule has 0 fully saturated rings. The fourth-order valence-electron chi connectivity index (χ4n) is 3.37. The number of anilines is 2. The van der Waals surface area contributed by atoms with Gasteiger partial charge in [0.15, 0.2) is 0 Å². The van der Waals surface area contributed by atoms with Crippen LogP contribution in [-0.4, -0.2) is 39.7 Å².